The molecule has 2 aromatic heterocycles. The van der Waals surface area contributed by atoms with Crippen LogP contribution in [0.4, 0.5) is 0 Å². The maximum Gasteiger partial charge on any atom is 0.233 e. The lowest BCUT2D eigenvalue weighted by molar-refractivity contribution is -0.121. The number of fused-ring (bicyclic) bond motifs is 1. The van der Waals surface area contributed by atoms with Crippen molar-refractivity contribution in [3.05, 3.63) is 35.8 Å². The lowest BCUT2D eigenvalue weighted by Gasteiger charge is -2.19. The highest BCUT2D eigenvalue weighted by molar-refractivity contribution is 5.81. The molecule has 0 aliphatic carbocycles. The van der Waals surface area contributed by atoms with E-state index in [1.807, 2.05) is 18.5 Å². The number of carbonyl (C=O) groups is 1. The lowest BCUT2D eigenvalue weighted by Crippen LogP contribution is -2.36. The Balaban J connectivity index is 1.72. The Morgan fingerprint density at radius 1 is 1.36 bits per heavy atom. The van der Waals surface area contributed by atoms with Crippen LogP contribution in [0.1, 0.15) is 37.4 Å². The molecule has 0 bridgehead atoms. The molecule has 5 heteroatoms. The number of nitrogens with zero attached hydrogens (tertiary/aromatic N) is 3. The zero-order valence-corrected chi connectivity index (χ0v) is 15.3. The number of likely N-dealkylation sites (tertiary alicyclic amines) is 1. The molecule has 1 aliphatic heterocycles. The Kier molecular flexibility index (Phi) is 5.97. The van der Waals surface area contributed by atoms with Crippen molar-refractivity contribution < 1.29 is 4.79 Å². The summed E-state index contributed by atoms with van der Waals surface area (Å²) < 4.78 is 0. The van der Waals surface area contributed by atoms with Gasteiger partial charge in [-0.05, 0) is 68.8 Å². The van der Waals surface area contributed by atoms with Crippen LogP contribution in [-0.4, -0.2) is 47.5 Å². The van der Waals surface area contributed by atoms with Crippen LogP contribution in [0.2, 0.25) is 0 Å². The van der Waals surface area contributed by atoms with E-state index in [9.17, 15) is 4.79 Å². The number of aromatic nitrogens is 2. The average Bonchev–Trinajstić information content (AvgIpc) is 2.86. The average molecular weight is 340 g/mol. The molecule has 1 amide bonds. The highest BCUT2D eigenvalue weighted by Gasteiger charge is 2.20. The van der Waals surface area contributed by atoms with Crippen molar-refractivity contribution in [2.45, 2.75) is 39.0 Å². The minimum Gasteiger partial charge on any atom is -0.358 e. The molecular weight excluding hydrogens is 312 g/mol. The molecule has 0 aromatic carbocycles. The molecule has 25 heavy (non-hydrogen) atoms. The van der Waals surface area contributed by atoms with E-state index < -0.39 is 0 Å². The van der Waals surface area contributed by atoms with Crippen LogP contribution in [0.15, 0.2) is 24.5 Å². The molecule has 3 heterocycles. The first-order chi connectivity index (χ1) is 12.2. The highest BCUT2D eigenvalue weighted by atomic mass is 16.1. The normalized spacial score (nSPS) is 18.9. The summed E-state index contributed by atoms with van der Waals surface area (Å²) in [6.45, 7) is 4.69. The van der Waals surface area contributed by atoms with E-state index >= 15 is 0 Å². The fourth-order valence-corrected chi connectivity index (χ4v) is 3.73. The van der Waals surface area contributed by atoms with Gasteiger partial charge in [-0.2, -0.15) is 0 Å². The van der Waals surface area contributed by atoms with Crippen LogP contribution < -0.4 is 5.32 Å². The summed E-state index contributed by atoms with van der Waals surface area (Å²) in [5.74, 6) is 0.766. The van der Waals surface area contributed by atoms with E-state index in [-0.39, 0.29) is 5.91 Å². The summed E-state index contributed by atoms with van der Waals surface area (Å²) in [6, 6.07) is 4.27. The van der Waals surface area contributed by atoms with E-state index in [1.54, 1.807) is 7.05 Å². The molecule has 1 N–H and O–H groups in total. The molecule has 0 radical (unpaired) electrons. The molecule has 0 unspecified atom stereocenters. The summed E-state index contributed by atoms with van der Waals surface area (Å²) in [7, 11) is 1.71. The first kappa shape index (κ1) is 17.8. The topological polar surface area (TPSA) is 58.1 Å². The quantitative estimate of drug-likeness (QED) is 0.909. The van der Waals surface area contributed by atoms with E-state index in [0.717, 1.165) is 50.0 Å². The van der Waals surface area contributed by atoms with E-state index in [1.165, 1.54) is 17.4 Å². The zero-order chi connectivity index (χ0) is 17.6. The van der Waals surface area contributed by atoms with Gasteiger partial charge in [-0.3, -0.25) is 19.7 Å². The molecule has 1 aliphatic rings. The molecule has 1 fully saturated rings. The molecule has 5 nitrogen and oxygen atoms in total. The number of amides is 1. The van der Waals surface area contributed by atoms with Crippen LogP contribution in [0.25, 0.3) is 10.9 Å². The summed E-state index contributed by atoms with van der Waals surface area (Å²) >= 11 is 0. The van der Waals surface area contributed by atoms with Gasteiger partial charge in [-0.25, -0.2) is 0 Å². The third kappa shape index (κ3) is 4.54. The van der Waals surface area contributed by atoms with Crippen molar-refractivity contribution in [2.75, 3.05) is 26.7 Å². The second-order valence-electron chi connectivity index (χ2n) is 6.97. The standard InChI is InChI=1S/C20H28N4O/c1-3-17-12-16(18-13-22-8-6-19(18)23-17)11-15-5-4-9-24(10-7-15)14-20(25)21-2/h6,8,12-13,15H,3-5,7,9-11,14H2,1-2H3,(H,21,25)/t15-/m0/s1. The summed E-state index contributed by atoms with van der Waals surface area (Å²) in [4.78, 5) is 22.9. The van der Waals surface area contributed by atoms with Crippen molar-refractivity contribution in [1.29, 1.82) is 0 Å². The first-order valence-corrected chi connectivity index (χ1v) is 9.35. The number of pyridine rings is 2. The molecule has 3 rings (SSSR count). The van der Waals surface area contributed by atoms with Gasteiger partial charge in [0.25, 0.3) is 0 Å². The Hall–Kier alpha value is -2.01. The van der Waals surface area contributed by atoms with E-state index in [0.29, 0.717) is 12.5 Å². The molecule has 0 saturated carbocycles. The number of hydrogen-bond donors (Lipinski definition) is 1. The molecule has 134 valence electrons. The predicted molar refractivity (Wildman–Crippen MR) is 100 cm³/mol. The van der Waals surface area contributed by atoms with Gasteiger partial charge in [-0.1, -0.05) is 6.92 Å². The summed E-state index contributed by atoms with van der Waals surface area (Å²) in [5, 5.41) is 3.91. The third-order valence-corrected chi connectivity index (χ3v) is 5.21. The minimum absolute atomic E-state index is 0.109. The van der Waals surface area contributed by atoms with Crippen LogP contribution in [0, 0.1) is 5.92 Å². The van der Waals surface area contributed by atoms with E-state index in [4.69, 9.17) is 4.98 Å². The van der Waals surface area contributed by atoms with Gasteiger partial charge in [0.2, 0.25) is 5.91 Å². The number of rotatable bonds is 5. The van der Waals surface area contributed by atoms with Crippen molar-refractivity contribution in [2.24, 2.45) is 5.92 Å². The molecule has 2 aromatic rings. The summed E-state index contributed by atoms with van der Waals surface area (Å²) in [6.07, 6.45) is 9.32. The van der Waals surface area contributed by atoms with Crippen LogP contribution in [0.5, 0.6) is 0 Å². The van der Waals surface area contributed by atoms with Gasteiger partial charge in [0.1, 0.15) is 0 Å². The maximum absolute atomic E-state index is 11.6. The van der Waals surface area contributed by atoms with Gasteiger partial charge in [0, 0.05) is 30.5 Å². The Morgan fingerprint density at radius 3 is 3.04 bits per heavy atom. The first-order valence-electron chi connectivity index (χ1n) is 9.35. The number of carbonyl (C=O) groups excluding carboxylic acids is 1. The number of aryl methyl sites for hydroxylation is 1. The van der Waals surface area contributed by atoms with Gasteiger partial charge < -0.3 is 5.32 Å². The van der Waals surface area contributed by atoms with Crippen molar-refractivity contribution in [3.63, 3.8) is 0 Å². The third-order valence-electron chi connectivity index (χ3n) is 5.21. The minimum atomic E-state index is 0.109. The monoisotopic (exact) mass is 340 g/mol. The van der Waals surface area contributed by atoms with Crippen molar-refractivity contribution >= 4 is 16.8 Å². The number of hydrogen-bond acceptors (Lipinski definition) is 4. The van der Waals surface area contributed by atoms with Crippen LogP contribution >= 0.6 is 0 Å². The smallest absolute Gasteiger partial charge is 0.233 e. The molecule has 1 atom stereocenters. The lowest BCUT2D eigenvalue weighted by atomic mass is 9.91. The molecule has 0 spiro atoms. The summed E-state index contributed by atoms with van der Waals surface area (Å²) in [5.41, 5.74) is 3.59. The zero-order valence-electron chi connectivity index (χ0n) is 15.3. The largest absolute Gasteiger partial charge is 0.358 e. The van der Waals surface area contributed by atoms with Crippen LogP contribution in [0.3, 0.4) is 0 Å². The SMILES string of the molecule is CCc1cc(C[C@H]2CCCN(CC(=O)NC)CC2)c2cnccc2n1. The fraction of sp³-hybridized carbons (Fsp3) is 0.550. The second kappa shape index (κ2) is 8.39. The highest BCUT2D eigenvalue weighted by Crippen LogP contribution is 2.26. The van der Waals surface area contributed by atoms with Gasteiger partial charge in [-0.15, -0.1) is 0 Å². The van der Waals surface area contributed by atoms with Gasteiger partial charge in [0.15, 0.2) is 0 Å². The van der Waals surface area contributed by atoms with Crippen LogP contribution in [-0.2, 0) is 17.6 Å². The second-order valence-corrected chi connectivity index (χ2v) is 6.97. The molecule has 1 saturated heterocycles. The van der Waals surface area contributed by atoms with Crippen molar-refractivity contribution in [3.8, 4) is 0 Å². The Morgan fingerprint density at radius 2 is 2.24 bits per heavy atom. The Labute approximate surface area is 149 Å². The van der Waals surface area contributed by atoms with Gasteiger partial charge >= 0.3 is 0 Å². The van der Waals surface area contributed by atoms with E-state index in [2.05, 4.69) is 28.2 Å². The fourth-order valence-electron chi connectivity index (χ4n) is 3.73. The number of nitrogens with one attached hydrogen (secondary N) is 1. The maximum atomic E-state index is 11.6. The Bertz CT molecular complexity index is 731. The predicted octanol–water partition coefficient (Wildman–Crippen LogP) is 2.58. The van der Waals surface area contributed by atoms with Crippen molar-refractivity contribution in [1.82, 2.24) is 20.2 Å². The molecular formula is C20H28N4O. The van der Waals surface area contributed by atoms with Gasteiger partial charge in [0.05, 0.1) is 12.1 Å². The number of likely N-dealkylation sites (N-methyl/N-ethyl adjacent to an activating group) is 1.